The predicted molar refractivity (Wildman–Crippen MR) is 123 cm³/mol. The number of aromatic nitrogens is 3. The highest BCUT2D eigenvalue weighted by Crippen LogP contribution is 2.31. The van der Waals surface area contributed by atoms with E-state index in [9.17, 15) is 14.7 Å². The molecule has 4 aromatic rings. The number of rotatable bonds is 4. The summed E-state index contributed by atoms with van der Waals surface area (Å²) in [7, 11) is 0. The molecule has 164 valence electrons. The second-order valence-corrected chi connectivity index (χ2v) is 7.57. The van der Waals surface area contributed by atoms with Gasteiger partial charge in [-0.25, -0.2) is 14.6 Å². The van der Waals surface area contributed by atoms with Crippen LogP contribution in [0, 0.1) is 0 Å². The van der Waals surface area contributed by atoms with Crippen molar-refractivity contribution >= 4 is 29.5 Å². The molecule has 0 saturated carbocycles. The molecule has 1 saturated heterocycles. The smallest absolute Gasteiger partial charge is 0.335 e. The maximum absolute atomic E-state index is 13.4. The molecule has 3 heterocycles. The number of nitrogens with zero attached hydrogens (tertiary/aromatic N) is 3. The first-order valence-corrected chi connectivity index (χ1v) is 10.0. The van der Waals surface area contributed by atoms with Crippen molar-refractivity contribution < 1.29 is 15.0 Å². The topological polar surface area (TPSA) is 109 Å². The van der Waals surface area contributed by atoms with E-state index in [4.69, 9.17) is 5.11 Å². The second kappa shape index (κ2) is 8.49. The summed E-state index contributed by atoms with van der Waals surface area (Å²) >= 11 is 0. The summed E-state index contributed by atoms with van der Waals surface area (Å²) < 4.78 is 3.20. The fourth-order valence-electron chi connectivity index (χ4n) is 4.17. The fraction of sp³-hybridized carbons (Fsp3) is 0.174. The van der Waals surface area contributed by atoms with Crippen LogP contribution in [-0.4, -0.2) is 43.4 Å². The summed E-state index contributed by atoms with van der Waals surface area (Å²) in [6.45, 7) is 1.55. The number of hydrogen-bond donors (Lipinski definition) is 3. The van der Waals surface area contributed by atoms with Crippen LogP contribution in [0.5, 0.6) is 5.75 Å². The van der Waals surface area contributed by atoms with Crippen LogP contribution in [-0.2, 0) is 0 Å². The Labute approximate surface area is 189 Å². The molecule has 2 aromatic heterocycles. The van der Waals surface area contributed by atoms with Crippen molar-refractivity contribution in [3.8, 4) is 22.6 Å². The van der Waals surface area contributed by atoms with E-state index in [0.717, 1.165) is 18.5 Å². The van der Waals surface area contributed by atoms with E-state index < -0.39 is 5.97 Å². The van der Waals surface area contributed by atoms with Gasteiger partial charge in [-0.15, -0.1) is 12.4 Å². The van der Waals surface area contributed by atoms with E-state index in [1.807, 2.05) is 6.07 Å². The zero-order chi connectivity index (χ0) is 21.5. The van der Waals surface area contributed by atoms with Gasteiger partial charge in [-0.1, -0.05) is 18.2 Å². The van der Waals surface area contributed by atoms with Gasteiger partial charge in [0.15, 0.2) is 5.65 Å². The lowest BCUT2D eigenvalue weighted by Crippen LogP contribution is -2.28. The third-order valence-electron chi connectivity index (χ3n) is 5.71. The number of halogens is 1. The van der Waals surface area contributed by atoms with Gasteiger partial charge in [0.25, 0.3) is 0 Å². The minimum Gasteiger partial charge on any atom is -0.506 e. The van der Waals surface area contributed by atoms with Crippen molar-refractivity contribution in [3.63, 3.8) is 0 Å². The molecule has 0 bridgehead atoms. The fourth-order valence-corrected chi connectivity index (χ4v) is 4.17. The number of carboxylic acid groups (broad SMARTS) is 1. The Morgan fingerprint density at radius 3 is 2.50 bits per heavy atom. The lowest BCUT2D eigenvalue weighted by atomic mass is 10.0. The normalized spacial score (nSPS) is 15.6. The molecular formula is C23H21ClN4O4. The van der Waals surface area contributed by atoms with Crippen LogP contribution in [0.15, 0.2) is 65.6 Å². The number of carbonyl (C=O) groups is 1. The number of pyridine rings is 1. The lowest BCUT2D eigenvalue weighted by molar-refractivity contribution is 0.0697. The van der Waals surface area contributed by atoms with E-state index in [2.05, 4.69) is 10.3 Å². The van der Waals surface area contributed by atoms with Crippen molar-refractivity contribution in [2.24, 2.45) is 0 Å². The average Bonchev–Trinajstić information content (AvgIpc) is 3.39. The van der Waals surface area contributed by atoms with Crippen molar-refractivity contribution in [2.45, 2.75) is 12.5 Å². The van der Waals surface area contributed by atoms with E-state index in [1.165, 1.54) is 16.7 Å². The number of imidazole rings is 1. The van der Waals surface area contributed by atoms with E-state index >= 15 is 0 Å². The van der Waals surface area contributed by atoms with Gasteiger partial charge in [-0.3, -0.25) is 9.13 Å². The van der Waals surface area contributed by atoms with Gasteiger partial charge in [-0.2, -0.15) is 0 Å². The first-order chi connectivity index (χ1) is 15.0. The Morgan fingerprint density at radius 1 is 1.09 bits per heavy atom. The van der Waals surface area contributed by atoms with Crippen LogP contribution in [0.25, 0.3) is 28.0 Å². The second-order valence-electron chi connectivity index (χ2n) is 7.57. The molecule has 0 radical (unpaired) electrons. The Balaban J connectivity index is 0.00000245. The number of fused-ring (bicyclic) bond motifs is 1. The lowest BCUT2D eigenvalue weighted by Gasteiger charge is -2.10. The predicted octanol–water partition coefficient (Wildman–Crippen LogP) is 3.21. The molecule has 1 unspecified atom stereocenters. The molecule has 1 aliphatic rings. The quantitative estimate of drug-likeness (QED) is 0.438. The monoisotopic (exact) mass is 452 g/mol. The van der Waals surface area contributed by atoms with E-state index in [0.29, 0.717) is 29.0 Å². The molecule has 0 spiro atoms. The molecule has 0 amide bonds. The average molecular weight is 453 g/mol. The van der Waals surface area contributed by atoms with E-state index in [-0.39, 0.29) is 35.5 Å². The molecular weight excluding hydrogens is 432 g/mol. The van der Waals surface area contributed by atoms with Crippen LogP contribution < -0.4 is 11.0 Å². The number of benzene rings is 2. The Morgan fingerprint density at radius 2 is 1.84 bits per heavy atom. The van der Waals surface area contributed by atoms with Gasteiger partial charge < -0.3 is 15.5 Å². The largest absolute Gasteiger partial charge is 0.506 e. The Bertz CT molecular complexity index is 1350. The molecule has 0 aliphatic carbocycles. The summed E-state index contributed by atoms with van der Waals surface area (Å²) in [6.07, 6.45) is 2.50. The molecule has 2 aromatic carbocycles. The summed E-state index contributed by atoms with van der Waals surface area (Å²) in [4.78, 5) is 28.9. The van der Waals surface area contributed by atoms with Gasteiger partial charge in [0.2, 0.25) is 0 Å². The van der Waals surface area contributed by atoms with Crippen LogP contribution >= 0.6 is 12.4 Å². The van der Waals surface area contributed by atoms with Crippen molar-refractivity contribution in [1.29, 1.82) is 0 Å². The number of nitrogens with one attached hydrogen (secondary N) is 1. The summed E-state index contributed by atoms with van der Waals surface area (Å²) in [6, 6.07) is 15.1. The summed E-state index contributed by atoms with van der Waals surface area (Å²) in [5.41, 5.74) is 3.03. The number of aromatic carboxylic acids is 1. The maximum atomic E-state index is 13.4. The number of phenols is 1. The first-order valence-electron chi connectivity index (χ1n) is 10.0. The highest BCUT2D eigenvalue weighted by Gasteiger charge is 2.25. The van der Waals surface area contributed by atoms with Crippen LogP contribution in [0.2, 0.25) is 0 Å². The number of aromatic hydroxyl groups is 1. The van der Waals surface area contributed by atoms with Crippen molar-refractivity contribution in [2.75, 3.05) is 13.1 Å². The number of hydrogen-bond acceptors (Lipinski definition) is 5. The standard InChI is InChI=1S/C23H20N4O4.ClH/c28-20-12-16(14-3-5-15(6-4-14)22(29)30)7-8-18(20)27-19-2-1-10-25-21(19)26(23(27)31)17-9-11-24-13-17;/h1-8,10,12,17,24,28H,9,11,13H2,(H,29,30);1H. The van der Waals surface area contributed by atoms with Gasteiger partial charge in [-0.05, 0) is 60.5 Å². The SMILES string of the molecule is Cl.O=C(O)c1ccc(-c2ccc(-n3c(=O)n(C4CCNC4)c4ncccc43)c(O)c2)cc1. The zero-order valence-electron chi connectivity index (χ0n) is 16.9. The molecule has 8 nitrogen and oxygen atoms in total. The van der Waals surface area contributed by atoms with Crippen LogP contribution in [0.4, 0.5) is 0 Å². The van der Waals surface area contributed by atoms with Gasteiger partial charge in [0.1, 0.15) is 5.75 Å². The third-order valence-corrected chi connectivity index (χ3v) is 5.71. The number of carboxylic acids is 1. The molecule has 3 N–H and O–H groups in total. The third kappa shape index (κ3) is 3.53. The Kier molecular flexibility index (Phi) is 5.73. The number of phenolic OH excluding ortho intramolecular Hbond substituents is 1. The molecule has 1 aliphatic heterocycles. The first kappa shape index (κ1) is 21.6. The highest BCUT2D eigenvalue weighted by atomic mass is 35.5. The summed E-state index contributed by atoms with van der Waals surface area (Å²) in [5.74, 6) is -1.04. The van der Waals surface area contributed by atoms with E-state index in [1.54, 1.807) is 47.2 Å². The van der Waals surface area contributed by atoms with Crippen LogP contribution in [0.1, 0.15) is 22.8 Å². The summed E-state index contributed by atoms with van der Waals surface area (Å²) in [5, 5.41) is 23.2. The molecule has 5 rings (SSSR count). The zero-order valence-corrected chi connectivity index (χ0v) is 17.7. The van der Waals surface area contributed by atoms with Crippen LogP contribution in [0.3, 0.4) is 0 Å². The minimum absolute atomic E-state index is 0. The van der Waals surface area contributed by atoms with Crippen molar-refractivity contribution in [3.05, 3.63) is 76.8 Å². The molecule has 1 fully saturated rings. The molecule has 32 heavy (non-hydrogen) atoms. The molecule has 1 atom stereocenters. The Hall–Kier alpha value is -3.62. The van der Waals surface area contributed by atoms with Crippen molar-refractivity contribution in [1.82, 2.24) is 19.4 Å². The molecule has 9 heteroatoms. The minimum atomic E-state index is -0.994. The highest BCUT2D eigenvalue weighted by molar-refractivity contribution is 5.88. The van der Waals surface area contributed by atoms with Gasteiger partial charge in [0.05, 0.1) is 22.8 Å². The van der Waals surface area contributed by atoms with Gasteiger partial charge in [0, 0.05) is 12.7 Å². The van der Waals surface area contributed by atoms with Gasteiger partial charge >= 0.3 is 11.7 Å². The maximum Gasteiger partial charge on any atom is 0.335 e.